The summed E-state index contributed by atoms with van der Waals surface area (Å²) in [5.74, 6) is 1.38. The normalized spacial score (nSPS) is 12.0. The van der Waals surface area contributed by atoms with Crippen LogP contribution in [-0.2, 0) is 6.42 Å². The second-order valence-corrected chi connectivity index (χ2v) is 5.74. The minimum Gasteiger partial charge on any atom is -0.504 e. The molecular formula is C19H25NO4. The standard InChI is InChI=1S/C19H25NO4/c1-14-4-3-5-17(10-14)24-13-16(21)12-20-9-8-15-6-7-18(22)19(11-15)23-2/h3-7,10-11,16,20-22H,8-9,12-13H2,1-2H3. The summed E-state index contributed by atoms with van der Waals surface area (Å²) in [4.78, 5) is 0. The van der Waals surface area contributed by atoms with Crippen LogP contribution in [0.3, 0.4) is 0 Å². The molecule has 1 atom stereocenters. The van der Waals surface area contributed by atoms with Gasteiger partial charge in [-0.2, -0.15) is 0 Å². The van der Waals surface area contributed by atoms with Crippen molar-refractivity contribution in [3.8, 4) is 17.2 Å². The largest absolute Gasteiger partial charge is 0.504 e. The first-order valence-corrected chi connectivity index (χ1v) is 8.02. The van der Waals surface area contributed by atoms with Crippen LogP contribution in [0, 0.1) is 6.92 Å². The van der Waals surface area contributed by atoms with Gasteiger partial charge in [0.1, 0.15) is 18.5 Å². The first-order valence-electron chi connectivity index (χ1n) is 8.02. The second-order valence-electron chi connectivity index (χ2n) is 5.74. The number of aromatic hydroxyl groups is 1. The molecule has 0 radical (unpaired) electrons. The fourth-order valence-corrected chi connectivity index (χ4v) is 2.34. The lowest BCUT2D eigenvalue weighted by Gasteiger charge is -2.14. The molecule has 0 spiro atoms. The number of aliphatic hydroxyl groups excluding tert-OH is 1. The number of hydrogen-bond acceptors (Lipinski definition) is 5. The maximum atomic E-state index is 9.95. The van der Waals surface area contributed by atoms with Crippen molar-refractivity contribution in [2.45, 2.75) is 19.4 Å². The van der Waals surface area contributed by atoms with Crippen LogP contribution < -0.4 is 14.8 Å². The summed E-state index contributed by atoms with van der Waals surface area (Å²) >= 11 is 0. The molecule has 0 amide bonds. The molecule has 130 valence electrons. The van der Waals surface area contributed by atoms with Gasteiger partial charge in [0.15, 0.2) is 11.5 Å². The van der Waals surface area contributed by atoms with Gasteiger partial charge in [0, 0.05) is 6.54 Å². The fraction of sp³-hybridized carbons (Fsp3) is 0.368. The monoisotopic (exact) mass is 331 g/mol. The zero-order valence-corrected chi connectivity index (χ0v) is 14.2. The third-order valence-electron chi connectivity index (χ3n) is 3.65. The molecule has 0 saturated carbocycles. The minimum absolute atomic E-state index is 0.137. The Balaban J connectivity index is 1.66. The van der Waals surface area contributed by atoms with E-state index in [1.165, 1.54) is 7.11 Å². The SMILES string of the molecule is COc1cc(CCNCC(O)COc2cccc(C)c2)ccc1O. The number of benzene rings is 2. The van der Waals surface area contributed by atoms with Gasteiger partial charge >= 0.3 is 0 Å². The Kier molecular flexibility index (Phi) is 6.90. The van der Waals surface area contributed by atoms with Gasteiger partial charge < -0.3 is 25.0 Å². The van der Waals surface area contributed by atoms with Crippen LogP contribution in [0.15, 0.2) is 42.5 Å². The van der Waals surface area contributed by atoms with E-state index in [0.717, 1.165) is 29.8 Å². The Bertz CT molecular complexity index is 645. The van der Waals surface area contributed by atoms with Crippen LogP contribution in [0.1, 0.15) is 11.1 Å². The van der Waals surface area contributed by atoms with Crippen LogP contribution in [0.2, 0.25) is 0 Å². The Morgan fingerprint density at radius 1 is 1.17 bits per heavy atom. The van der Waals surface area contributed by atoms with E-state index in [1.807, 2.05) is 43.3 Å². The van der Waals surface area contributed by atoms with E-state index in [0.29, 0.717) is 12.3 Å². The lowest BCUT2D eigenvalue weighted by Crippen LogP contribution is -2.32. The predicted molar refractivity (Wildman–Crippen MR) is 93.9 cm³/mol. The number of aliphatic hydroxyl groups is 1. The number of phenolic OH excluding ortho intramolecular Hbond substituents is 1. The van der Waals surface area contributed by atoms with E-state index >= 15 is 0 Å². The molecule has 1 unspecified atom stereocenters. The fourth-order valence-electron chi connectivity index (χ4n) is 2.34. The molecule has 0 aliphatic heterocycles. The highest BCUT2D eigenvalue weighted by atomic mass is 16.5. The van der Waals surface area contributed by atoms with Crippen molar-refractivity contribution in [2.24, 2.45) is 0 Å². The molecule has 3 N–H and O–H groups in total. The Morgan fingerprint density at radius 2 is 2.00 bits per heavy atom. The average molecular weight is 331 g/mol. The molecule has 0 aromatic heterocycles. The van der Waals surface area contributed by atoms with Gasteiger partial charge in [-0.3, -0.25) is 0 Å². The molecule has 5 nitrogen and oxygen atoms in total. The van der Waals surface area contributed by atoms with E-state index in [2.05, 4.69) is 5.32 Å². The molecule has 0 aliphatic rings. The molecule has 0 bridgehead atoms. The number of phenols is 1. The number of rotatable bonds is 9. The van der Waals surface area contributed by atoms with E-state index in [9.17, 15) is 10.2 Å². The molecule has 5 heteroatoms. The van der Waals surface area contributed by atoms with E-state index in [4.69, 9.17) is 9.47 Å². The summed E-state index contributed by atoms with van der Waals surface area (Å²) in [5.41, 5.74) is 2.19. The van der Waals surface area contributed by atoms with Crippen LogP contribution in [-0.4, -0.2) is 43.1 Å². The molecule has 0 saturated heterocycles. The Labute approximate surface area is 142 Å². The van der Waals surface area contributed by atoms with E-state index in [1.54, 1.807) is 6.07 Å². The van der Waals surface area contributed by atoms with Crippen molar-refractivity contribution < 1.29 is 19.7 Å². The summed E-state index contributed by atoms with van der Waals surface area (Å²) < 4.78 is 10.7. The van der Waals surface area contributed by atoms with Crippen LogP contribution in [0.5, 0.6) is 17.2 Å². The minimum atomic E-state index is -0.570. The van der Waals surface area contributed by atoms with Crippen molar-refractivity contribution in [3.63, 3.8) is 0 Å². The van der Waals surface area contributed by atoms with Gasteiger partial charge in [0.2, 0.25) is 0 Å². The number of hydrogen-bond donors (Lipinski definition) is 3. The number of aryl methyl sites for hydroxylation is 1. The third-order valence-corrected chi connectivity index (χ3v) is 3.65. The van der Waals surface area contributed by atoms with Gasteiger partial charge in [-0.15, -0.1) is 0 Å². The van der Waals surface area contributed by atoms with Crippen molar-refractivity contribution in [3.05, 3.63) is 53.6 Å². The summed E-state index contributed by atoms with van der Waals surface area (Å²) in [6.07, 6.45) is 0.210. The maximum absolute atomic E-state index is 9.95. The second kappa shape index (κ2) is 9.15. The van der Waals surface area contributed by atoms with Gasteiger partial charge in [0.25, 0.3) is 0 Å². The molecule has 24 heavy (non-hydrogen) atoms. The van der Waals surface area contributed by atoms with Crippen LogP contribution >= 0.6 is 0 Å². The van der Waals surface area contributed by atoms with Crippen LogP contribution in [0.4, 0.5) is 0 Å². The molecule has 2 rings (SSSR count). The molecule has 0 heterocycles. The van der Waals surface area contributed by atoms with Gasteiger partial charge in [-0.1, -0.05) is 18.2 Å². The molecule has 0 aliphatic carbocycles. The first-order chi connectivity index (χ1) is 11.6. The smallest absolute Gasteiger partial charge is 0.160 e. The molecule has 2 aromatic rings. The Hall–Kier alpha value is -2.24. The highest BCUT2D eigenvalue weighted by Crippen LogP contribution is 2.26. The van der Waals surface area contributed by atoms with Gasteiger partial charge in [-0.25, -0.2) is 0 Å². The van der Waals surface area contributed by atoms with Gasteiger partial charge in [0.05, 0.1) is 7.11 Å². The van der Waals surface area contributed by atoms with Crippen molar-refractivity contribution in [1.82, 2.24) is 5.32 Å². The third kappa shape index (κ3) is 5.76. The van der Waals surface area contributed by atoms with E-state index in [-0.39, 0.29) is 12.4 Å². The zero-order chi connectivity index (χ0) is 17.4. The van der Waals surface area contributed by atoms with E-state index < -0.39 is 6.10 Å². The topological polar surface area (TPSA) is 71.0 Å². The van der Waals surface area contributed by atoms with Crippen molar-refractivity contribution in [2.75, 3.05) is 26.8 Å². The molecule has 2 aromatic carbocycles. The Morgan fingerprint density at radius 3 is 2.75 bits per heavy atom. The first kappa shape index (κ1) is 18.1. The lowest BCUT2D eigenvalue weighted by molar-refractivity contribution is 0.106. The van der Waals surface area contributed by atoms with Crippen LogP contribution in [0.25, 0.3) is 0 Å². The van der Waals surface area contributed by atoms with Crippen molar-refractivity contribution in [1.29, 1.82) is 0 Å². The number of ether oxygens (including phenoxy) is 2. The lowest BCUT2D eigenvalue weighted by atomic mass is 10.1. The molecule has 0 fully saturated rings. The highest BCUT2D eigenvalue weighted by molar-refractivity contribution is 5.41. The molecular weight excluding hydrogens is 306 g/mol. The number of methoxy groups -OCH3 is 1. The van der Waals surface area contributed by atoms with Crippen molar-refractivity contribution >= 4 is 0 Å². The van der Waals surface area contributed by atoms with Gasteiger partial charge in [-0.05, 0) is 55.3 Å². The number of nitrogens with one attached hydrogen (secondary N) is 1. The predicted octanol–water partition coefficient (Wildman–Crippen LogP) is 2.28. The summed E-state index contributed by atoms with van der Waals surface area (Å²) in [6.45, 7) is 3.43. The zero-order valence-electron chi connectivity index (χ0n) is 14.2. The quantitative estimate of drug-likeness (QED) is 0.615. The summed E-state index contributed by atoms with van der Waals surface area (Å²) in [5, 5.41) is 22.7. The summed E-state index contributed by atoms with van der Waals surface area (Å²) in [6, 6.07) is 13.1. The average Bonchev–Trinajstić information content (AvgIpc) is 2.58. The summed E-state index contributed by atoms with van der Waals surface area (Å²) in [7, 11) is 1.53. The highest BCUT2D eigenvalue weighted by Gasteiger charge is 2.06. The maximum Gasteiger partial charge on any atom is 0.160 e.